The molecule has 2 N–H and O–H groups in total. The molecule has 7 nitrogen and oxygen atoms in total. The SMILES string of the molecule is Cc1oc2ccc(OCc3cccnc3C(F)(F)F)cc2c1C(=O)Nc1cn[nH]c1. The molecule has 3 heterocycles. The number of amides is 1. The predicted molar refractivity (Wildman–Crippen MR) is 101 cm³/mol. The Labute approximate surface area is 167 Å². The molecule has 4 rings (SSSR count). The Bertz CT molecular complexity index is 1200. The number of anilines is 1. The van der Waals surface area contributed by atoms with E-state index in [-0.39, 0.29) is 17.9 Å². The average Bonchev–Trinajstić information content (AvgIpc) is 3.32. The molecule has 0 bridgehead atoms. The van der Waals surface area contributed by atoms with E-state index in [9.17, 15) is 18.0 Å². The maximum absolute atomic E-state index is 13.1. The number of ether oxygens (including phenoxy) is 1. The lowest BCUT2D eigenvalue weighted by Gasteiger charge is -2.12. The molecule has 0 radical (unpaired) electrons. The summed E-state index contributed by atoms with van der Waals surface area (Å²) in [6, 6.07) is 7.43. The van der Waals surface area contributed by atoms with Gasteiger partial charge >= 0.3 is 6.18 Å². The van der Waals surface area contributed by atoms with Gasteiger partial charge in [0.2, 0.25) is 0 Å². The van der Waals surface area contributed by atoms with Crippen molar-refractivity contribution in [3.05, 3.63) is 71.5 Å². The van der Waals surface area contributed by atoms with Crippen LogP contribution in [0, 0.1) is 6.92 Å². The third kappa shape index (κ3) is 3.84. The number of alkyl halides is 3. The molecule has 30 heavy (non-hydrogen) atoms. The Morgan fingerprint density at radius 3 is 2.87 bits per heavy atom. The average molecular weight is 416 g/mol. The zero-order valence-electron chi connectivity index (χ0n) is 15.6. The lowest BCUT2D eigenvalue weighted by molar-refractivity contribution is -0.142. The lowest BCUT2D eigenvalue weighted by atomic mass is 10.1. The van der Waals surface area contributed by atoms with Gasteiger partial charge in [0.25, 0.3) is 5.91 Å². The van der Waals surface area contributed by atoms with Crippen LogP contribution in [0.1, 0.15) is 27.4 Å². The number of pyridine rings is 1. The maximum Gasteiger partial charge on any atom is 0.433 e. The molecule has 0 atom stereocenters. The van der Waals surface area contributed by atoms with Crippen LogP contribution in [-0.2, 0) is 12.8 Å². The van der Waals surface area contributed by atoms with Gasteiger partial charge in [-0.05, 0) is 31.2 Å². The van der Waals surface area contributed by atoms with Crippen molar-refractivity contribution in [3.8, 4) is 5.75 Å². The number of aromatic nitrogens is 3. The van der Waals surface area contributed by atoms with Gasteiger partial charge in [-0.1, -0.05) is 6.07 Å². The number of nitrogens with zero attached hydrogens (tertiary/aromatic N) is 2. The van der Waals surface area contributed by atoms with Crippen LogP contribution >= 0.6 is 0 Å². The van der Waals surface area contributed by atoms with Crippen molar-refractivity contribution in [1.29, 1.82) is 0 Å². The van der Waals surface area contributed by atoms with Crippen LogP contribution in [-0.4, -0.2) is 21.1 Å². The van der Waals surface area contributed by atoms with E-state index in [4.69, 9.17) is 9.15 Å². The molecular weight excluding hydrogens is 401 g/mol. The van der Waals surface area contributed by atoms with Crippen molar-refractivity contribution >= 4 is 22.6 Å². The zero-order chi connectivity index (χ0) is 21.3. The van der Waals surface area contributed by atoms with E-state index < -0.39 is 17.8 Å². The summed E-state index contributed by atoms with van der Waals surface area (Å²) >= 11 is 0. The highest BCUT2D eigenvalue weighted by Gasteiger charge is 2.35. The number of aryl methyl sites for hydroxylation is 1. The Balaban J connectivity index is 1.60. The number of aromatic amines is 1. The van der Waals surface area contributed by atoms with E-state index >= 15 is 0 Å². The highest BCUT2D eigenvalue weighted by molar-refractivity contribution is 6.13. The minimum Gasteiger partial charge on any atom is -0.489 e. The minimum atomic E-state index is -4.58. The molecule has 154 valence electrons. The molecule has 0 aliphatic rings. The number of carbonyl (C=O) groups is 1. The Kier molecular flexibility index (Phi) is 4.90. The van der Waals surface area contributed by atoms with Crippen LogP contribution in [0.15, 0.2) is 53.3 Å². The second kappa shape index (κ2) is 7.54. The molecule has 1 aromatic carbocycles. The van der Waals surface area contributed by atoms with Gasteiger partial charge in [0.15, 0.2) is 5.69 Å². The van der Waals surface area contributed by atoms with Gasteiger partial charge < -0.3 is 14.5 Å². The van der Waals surface area contributed by atoms with Crippen molar-refractivity contribution in [2.75, 3.05) is 5.32 Å². The van der Waals surface area contributed by atoms with Gasteiger partial charge in [0.05, 0.1) is 17.4 Å². The van der Waals surface area contributed by atoms with Gasteiger partial charge in [-0.25, -0.2) is 0 Å². The number of rotatable bonds is 5. The molecule has 0 saturated carbocycles. The molecule has 3 aromatic heterocycles. The van der Waals surface area contributed by atoms with Crippen LogP contribution in [0.4, 0.5) is 18.9 Å². The molecule has 0 aliphatic carbocycles. The van der Waals surface area contributed by atoms with Crippen LogP contribution in [0.5, 0.6) is 5.75 Å². The van der Waals surface area contributed by atoms with Gasteiger partial charge in [-0.3, -0.25) is 14.9 Å². The van der Waals surface area contributed by atoms with E-state index in [1.165, 1.54) is 24.5 Å². The Hall–Kier alpha value is -3.82. The number of H-pyrrole nitrogens is 1. The van der Waals surface area contributed by atoms with Gasteiger partial charge in [-0.15, -0.1) is 0 Å². The second-order valence-electron chi connectivity index (χ2n) is 6.43. The van der Waals surface area contributed by atoms with Crippen LogP contribution < -0.4 is 10.1 Å². The standard InChI is InChI=1S/C20H15F3N4O3/c1-11-17(19(28)27-13-8-25-26-9-13)15-7-14(4-5-16(15)30-11)29-10-12-3-2-6-24-18(12)20(21,22)23/h2-9H,10H2,1H3,(H,25,26)(H,27,28). The zero-order valence-corrected chi connectivity index (χ0v) is 15.6. The normalized spacial score (nSPS) is 11.6. The summed E-state index contributed by atoms with van der Waals surface area (Å²) in [4.78, 5) is 16.1. The molecule has 0 saturated heterocycles. The van der Waals surface area contributed by atoms with Crippen molar-refractivity contribution < 1.29 is 27.1 Å². The monoisotopic (exact) mass is 416 g/mol. The van der Waals surface area contributed by atoms with Gasteiger partial charge in [0.1, 0.15) is 23.7 Å². The minimum absolute atomic E-state index is 0.0913. The largest absolute Gasteiger partial charge is 0.489 e. The third-order valence-corrected chi connectivity index (χ3v) is 4.37. The maximum atomic E-state index is 13.1. The number of nitrogens with one attached hydrogen (secondary N) is 2. The molecule has 0 unspecified atom stereocenters. The summed E-state index contributed by atoms with van der Waals surface area (Å²) in [5.41, 5.74) is 0.151. The van der Waals surface area contributed by atoms with E-state index in [1.807, 2.05) is 0 Å². The van der Waals surface area contributed by atoms with Crippen molar-refractivity contribution in [2.45, 2.75) is 19.7 Å². The van der Waals surface area contributed by atoms with E-state index in [1.54, 1.807) is 25.1 Å². The number of hydrogen-bond acceptors (Lipinski definition) is 5. The first-order valence-corrected chi connectivity index (χ1v) is 8.80. The van der Waals surface area contributed by atoms with E-state index in [0.717, 1.165) is 6.20 Å². The highest BCUT2D eigenvalue weighted by atomic mass is 19.4. The van der Waals surface area contributed by atoms with Crippen LogP contribution in [0.25, 0.3) is 11.0 Å². The van der Waals surface area contributed by atoms with Crippen molar-refractivity contribution in [1.82, 2.24) is 15.2 Å². The first-order valence-electron chi connectivity index (χ1n) is 8.80. The number of halogens is 3. The highest BCUT2D eigenvalue weighted by Crippen LogP contribution is 2.32. The fraction of sp³-hybridized carbons (Fsp3) is 0.150. The fourth-order valence-corrected chi connectivity index (χ4v) is 3.06. The summed E-state index contributed by atoms with van der Waals surface area (Å²) in [6.07, 6.45) is -0.520. The fourth-order valence-electron chi connectivity index (χ4n) is 3.06. The van der Waals surface area contributed by atoms with Crippen molar-refractivity contribution in [3.63, 3.8) is 0 Å². The molecule has 4 aromatic rings. The van der Waals surface area contributed by atoms with Crippen molar-refractivity contribution in [2.24, 2.45) is 0 Å². The molecular formula is C20H15F3N4O3. The topological polar surface area (TPSA) is 93.0 Å². The molecule has 0 fully saturated rings. The van der Waals surface area contributed by atoms with E-state index in [2.05, 4.69) is 20.5 Å². The molecule has 0 aliphatic heterocycles. The van der Waals surface area contributed by atoms with Gasteiger partial charge in [-0.2, -0.15) is 18.3 Å². The molecule has 10 heteroatoms. The lowest BCUT2D eigenvalue weighted by Crippen LogP contribution is -2.13. The summed E-state index contributed by atoms with van der Waals surface area (Å²) in [5.74, 6) is 0.281. The van der Waals surface area contributed by atoms with Gasteiger partial charge in [0, 0.05) is 23.3 Å². The number of benzene rings is 1. The van der Waals surface area contributed by atoms with E-state index in [0.29, 0.717) is 28.0 Å². The predicted octanol–water partition coefficient (Wildman–Crippen LogP) is 4.71. The number of carbonyl (C=O) groups excluding carboxylic acids is 1. The first kappa shape index (κ1) is 19.5. The molecule has 1 amide bonds. The summed E-state index contributed by atoms with van der Waals surface area (Å²) in [7, 11) is 0. The third-order valence-electron chi connectivity index (χ3n) is 4.37. The smallest absolute Gasteiger partial charge is 0.433 e. The number of furan rings is 1. The summed E-state index contributed by atoms with van der Waals surface area (Å²) in [6.45, 7) is 1.32. The first-order chi connectivity index (χ1) is 14.3. The molecule has 0 spiro atoms. The number of fused-ring (bicyclic) bond motifs is 1. The Morgan fingerprint density at radius 2 is 2.13 bits per heavy atom. The second-order valence-corrected chi connectivity index (χ2v) is 6.43. The summed E-state index contributed by atoms with van der Waals surface area (Å²) < 4.78 is 50.5. The van der Waals surface area contributed by atoms with Crippen LogP contribution in [0.2, 0.25) is 0 Å². The Morgan fingerprint density at radius 1 is 1.30 bits per heavy atom. The van der Waals surface area contributed by atoms with Crippen LogP contribution in [0.3, 0.4) is 0 Å². The summed E-state index contributed by atoms with van der Waals surface area (Å²) in [5, 5.41) is 9.53. The quantitative estimate of drug-likeness (QED) is 0.492. The number of hydrogen-bond donors (Lipinski definition) is 2.